The first kappa shape index (κ1) is 13.1. The van der Waals surface area contributed by atoms with Crippen LogP contribution in [0.25, 0.3) is 0 Å². The third-order valence-electron chi connectivity index (χ3n) is 4.47. The van der Waals surface area contributed by atoms with Crippen LogP contribution in [0.15, 0.2) is 0 Å². The van der Waals surface area contributed by atoms with Crippen LogP contribution in [0, 0.1) is 11.8 Å². The molecule has 0 aromatic heterocycles. The zero-order valence-electron chi connectivity index (χ0n) is 10.5. The standard InChI is InChI=1S/C14H25IO/c1-2-12-5-8-14(11-15,9-6-12)16-10-7-13-3-4-13/h12-13H,2-11H2,1H3. The maximum absolute atomic E-state index is 6.26. The quantitative estimate of drug-likeness (QED) is 0.510. The summed E-state index contributed by atoms with van der Waals surface area (Å²) in [5, 5.41) is 0. The lowest BCUT2D eigenvalue weighted by Gasteiger charge is -2.39. The molecule has 0 aliphatic heterocycles. The van der Waals surface area contributed by atoms with E-state index in [0.717, 1.165) is 18.4 Å². The molecule has 0 saturated heterocycles. The Morgan fingerprint density at radius 3 is 2.31 bits per heavy atom. The third-order valence-corrected chi connectivity index (χ3v) is 5.86. The smallest absolute Gasteiger partial charge is 0.0771 e. The molecule has 2 aliphatic rings. The molecule has 1 nitrogen and oxygen atoms in total. The number of ether oxygens (including phenoxy) is 1. The Morgan fingerprint density at radius 1 is 1.12 bits per heavy atom. The molecule has 0 amide bonds. The van der Waals surface area contributed by atoms with Crippen molar-refractivity contribution in [1.29, 1.82) is 0 Å². The summed E-state index contributed by atoms with van der Waals surface area (Å²) in [6.45, 7) is 3.35. The van der Waals surface area contributed by atoms with Crippen LogP contribution in [0.4, 0.5) is 0 Å². The van der Waals surface area contributed by atoms with Crippen molar-refractivity contribution in [1.82, 2.24) is 0 Å². The van der Waals surface area contributed by atoms with E-state index in [1.807, 2.05) is 0 Å². The second kappa shape index (κ2) is 6.03. The van der Waals surface area contributed by atoms with Gasteiger partial charge in [0, 0.05) is 11.0 Å². The van der Waals surface area contributed by atoms with Gasteiger partial charge in [-0.1, -0.05) is 48.8 Å². The highest BCUT2D eigenvalue weighted by molar-refractivity contribution is 14.1. The fourth-order valence-electron chi connectivity index (χ4n) is 2.78. The van der Waals surface area contributed by atoms with E-state index in [0.29, 0.717) is 0 Å². The number of halogens is 1. The zero-order chi connectivity index (χ0) is 11.4. The first-order chi connectivity index (χ1) is 7.78. The van der Waals surface area contributed by atoms with Crippen molar-refractivity contribution < 1.29 is 4.74 Å². The van der Waals surface area contributed by atoms with Crippen molar-refractivity contribution in [3.8, 4) is 0 Å². The molecule has 0 heterocycles. The lowest BCUT2D eigenvalue weighted by molar-refractivity contribution is -0.0609. The molecular weight excluding hydrogens is 311 g/mol. The molecule has 2 aliphatic carbocycles. The van der Waals surface area contributed by atoms with Gasteiger partial charge in [0.2, 0.25) is 0 Å². The summed E-state index contributed by atoms with van der Waals surface area (Å²) in [5.41, 5.74) is 0.251. The summed E-state index contributed by atoms with van der Waals surface area (Å²) < 4.78 is 7.44. The normalized spacial score (nSPS) is 35.2. The number of hydrogen-bond donors (Lipinski definition) is 0. The summed E-state index contributed by atoms with van der Waals surface area (Å²) in [4.78, 5) is 0. The van der Waals surface area contributed by atoms with Gasteiger partial charge in [0.05, 0.1) is 5.60 Å². The molecule has 2 rings (SSSR count). The van der Waals surface area contributed by atoms with Gasteiger partial charge in [-0.3, -0.25) is 0 Å². The van der Waals surface area contributed by atoms with E-state index in [-0.39, 0.29) is 5.60 Å². The Morgan fingerprint density at radius 2 is 1.81 bits per heavy atom. The van der Waals surface area contributed by atoms with Crippen LogP contribution >= 0.6 is 22.6 Å². The van der Waals surface area contributed by atoms with E-state index in [4.69, 9.17) is 4.74 Å². The Labute approximate surface area is 114 Å². The van der Waals surface area contributed by atoms with Crippen LogP contribution in [-0.2, 0) is 4.74 Å². The molecule has 0 unspecified atom stereocenters. The predicted molar refractivity (Wildman–Crippen MR) is 77.2 cm³/mol. The molecule has 2 saturated carbocycles. The van der Waals surface area contributed by atoms with Crippen molar-refractivity contribution in [3.63, 3.8) is 0 Å². The van der Waals surface area contributed by atoms with E-state index >= 15 is 0 Å². The van der Waals surface area contributed by atoms with E-state index in [9.17, 15) is 0 Å². The van der Waals surface area contributed by atoms with Gasteiger partial charge in [-0.15, -0.1) is 0 Å². The van der Waals surface area contributed by atoms with Crippen LogP contribution in [0.5, 0.6) is 0 Å². The van der Waals surface area contributed by atoms with Crippen molar-refractivity contribution in [3.05, 3.63) is 0 Å². The van der Waals surface area contributed by atoms with Gasteiger partial charge in [-0.2, -0.15) is 0 Å². The van der Waals surface area contributed by atoms with Crippen molar-refractivity contribution in [2.45, 2.75) is 63.9 Å². The molecule has 0 radical (unpaired) electrons. The Bertz CT molecular complexity index is 205. The summed E-state index contributed by atoms with van der Waals surface area (Å²) in [6.07, 6.45) is 11.0. The van der Waals surface area contributed by atoms with Crippen LogP contribution in [0.3, 0.4) is 0 Å². The molecule has 0 spiro atoms. The lowest BCUT2D eigenvalue weighted by atomic mass is 9.79. The number of rotatable bonds is 6. The van der Waals surface area contributed by atoms with Gasteiger partial charge in [-0.05, 0) is 43.9 Å². The minimum Gasteiger partial charge on any atom is -0.374 e. The molecule has 0 bridgehead atoms. The fourth-order valence-corrected chi connectivity index (χ4v) is 3.76. The zero-order valence-corrected chi connectivity index (χ0v) is 12.7. The average Bonchev–Trinajstić information content (AvgIpc) is 3.14. The molecule has 0 aromatic rings. The summed E-state index contributed by atoms with van der Waals surface area (Å²) >= 11 is 2.53. The Hall–Kier alpha value is 0.690. The molecule has 2 fully saturated rings. The highest BCUT2D eigenvalue weighted by Gasteiger charge is 2.35. The average molecular weight is 336 g/mol. The van der Waals surface area contributed by atoms with Crippen LogP contribution in [0.2, 0.25) is 0 Å². The Kier molecular flexibility index (Phi) is 4.95. The van der Waals surface area contributed by atoms with E-state index < -0.39 is 0 Å². The molecule has 16 heavy (non-hydrogen) atoms. The van der Waals surface area contributed by atoms with Gasteiger partial charge in [0.25, 0.3) is 0 Å². The molecule has 2 heteroatoms. The lowest BCUT2D eigenvalue weighted by Crippen LogP contribution is -2.39. The first-order valence-corrected chi connectivity index (χ1v) is 8.50. The van der Waals surface area contributed by atoms with Gasteiger partial charge in [0.1, 0.15) is 0 Å². The SMILES string of the molecule is CCC1CCC(CI)(OCCC2CC2)CC1. The molecule has 0 N–H and O–H groups in total. The third kappa shape index (κ3) is 3.59. The van der Waals surface area contributed by atoms with E-state index in [2.05, 4.69) is 29.5 Å². The maximum atomic E-state index is 6.26. The van der Waals surface area contributed by atoms with E-state index in [1.54, 1.807) is 0 Å². The first-order valence-electron chi connectivity index (χ1n) is 6.98. The van der Waals surface area contributed by atoms with Gasteiger partial charge < -0.3 is 4.74 Å². The molecule has 0 atom stereocenters. The van der Waals surface area contributed by atoms with Crippen LogP contribution in [0.1, 0.15) is 58.3 Å². The highest BCUT2D eigenvalue weighted by Crippen LogP contribution is 2.39. The number of alkyl halides is 1. The van der Waals surface area contributed by atoms with Crippen molar-refractivity contribution in [2.24, 2.45) is 11.8 Å². The minimum atomic E-state index is 0.251. The van der Waals surface area contributed by atoms with Crippen molar-refractivity contribution in [2.75, 3.05) is 11.0 Å². The summed E-state index contributed by atoms with van der Waals surface area (Å²) in [7, 11) is 0. The Balaban J connectivity index is 1.73. The second-order valence-corrected chi connectivity index (χ2v) is 6.51. The summed E-state index contributed by atoms with van der Waals surface area (Å²) in [6, 6.07) is 0. The maximum Gasteiger partial charge on any atom is 0.0771 e. The number of hydrogen-bond acceptors (Lipinski definition) is 1. The largest absolute Gasteiger partial charge is 0.374 e. The van der Waals surface area contributed by atoms with Gasteiger partial charge >= 0.3 is 0 Å². The topological polar surface area (TPSA) is 9.23 Å². The van der Waals surface area contributed by atoms with Crippen LogP contribution < -0.4 is 0 Å². The molecular formula is C14H25IO. The molecule has 94 valence electrons. The van der Waals surface area contributed by atoms with E-state index in [1.165, 1.54) is 55.8 Å². The molecule has 0 aromatic carbocycles. The highest BCUT2D eigenvalue weighted by atomic mass is 127. The predicted octanol–water partition coefficient (Wildman–Crippen LogP) is 4.58. The fraction of sp³-hybridized carbons (Fsp3) is 1.00. The van der Waals surface area contributed by atoms with Crippen molar-refractivity contribution >= 4 is 22.6 Å². The monoisotopic (exact) mass is 336 g/mol. The summed E-state index contributed by atoms with van der Waals surface area (Å²) in [5.74, 6) is 1.99. The van der Waals surface area contributed by atoms with Gasteiger partial charge in [0.15, 0.2) is 0 Å². The van der Waals surface area contributed by atoms with Crippen LogP contribution in [-0.4, -0.2) is 16.6 Å². The minimum absolute atomic E-state index is 0.251. The second-order valence-electron chi connectivity index (χ2n) is 5.75. The van der Waals surface area contributed by atoms with Gasteiger partial charge in [-0.25, -0.2) is 0 Å².